The highest BCUT2D eigenvalue weighted by Gasteiger charge is 2.33. The molecule has 0 radical (unpaired) electrons. The molecular formula is C35H46N4O4. The second-order valence-electron chi connectivity index (χ2n) is 13.0. The average molecular weight is 587 g/mol. The van der Waals surface area contributed by atoms with Gasteiger partial charge in [-0.05, 0) is 102 Å². The van der Waals surface area contributed by atoms with Crippen LogP contribution in [-0.2, 0) is 9.47 Å². The van der Waals surface area contributed by atoms with E-state index in [1.807, 2.05) is 90.1 Å². The third-order valence-electron chi connectivity index (χ3n) is 7.01. The minimum Gasteiger partial charge on any atom is -0.444 e. The Morgan fingerprint density at radius 2 is 1.30 bits per heavy atom. The number of ether oxygens (including phenoxy) is 2. The Balaban J connectivity index is 1.78. The van der Waals surface area contributed by atoms with Gasteiger partial charge in [0.25, 0.3) is 0 Å². The first-order chi connectivity index (χ1) is 20.3. The summed E-state index contributed by atoms with van der Waals surface area (Å²) in [4.78, 5) is 27.7. The summed E-state index contributed by atoms with van der Waals surface area (Å²) in [6, 6.07) is 22.3. The van der Waals surface area contributed by atoms with E-state index in [1.165, 1.54) is 0 Å². The van der Waals surface area contributed by atoms with E-state index in [0.717, 1.165) is 60.2 Å². The van der Waals surface area contributed by atoms with Crippen molar-refractivity contribution in [1.29, 1.82) is 0 Å². The molecule has 43 heavy (non-hydrogen) atoms. The molecule has 3 aromatic carbocycles. The van der Waals surface area contributed by atoms with E-state index in [4.69, 9.17) is 15.2 Å². The molecule has 0 spiro atoms. The van der Waals surface area contributed by atoms with Gasteiger partial charge in [-0.3, -0.25) is 10.6 Å². The Bertz CT molecular complexity index is 1410. The van der Waals surface area contributed by atoms with E-state index in [-0.39, 0.29) is 6.04 Å². The van der Waals surface area contributed by atoms with Gasteiger partial charge < -0.3 is 20.1 Å². The number of unbranched alkanes of at least 4 members (excludes halogenated alkanes) is 3. The SMILES string of the molecule is CC(C)(C)OC(=O)Nc1ccc2c(c1)C(c1ccccc1)N(CCCCCCN)c1cc(NC(=O)OC(C)(C)C)ccc1-2. The minimum absolute atomic E-state index is 0.115. The molecule has 0 fully saturated rings. The number of hydrogen-bond acceptors (Lipinski definition) is 6. The predicted molar refractivity (Wildman–Crippen MR) is 175 cm³/mol. The Kier molecular flexibility index (Phi) is 10.0. The van der Waals surface area contributed by atoms with Gasteiger partial charge in [0.2, 0.25) is 0 Å². The molecule has 1 aliphatic rings. The van der Waals surface area contributed by atoms with Gasteiger partial charge in [0.15, 0.2) is 0 Å². The molecule has 230 valence electrons. The van der Waals surface area contributed by atoms with E-state index in [2.05, 4.69) is 33.7 Å². The first-order valence-corrected chi connectivity index (χ1v) is 15.1. The molecule has 0 bridgehead atoms. The summed E-state index contributed by atoms with van der Waals surface area (Å²) in [5.41, 5.74) is 11.3. The van der Waals surface area contributed by atoms with Crippen molar-refractivity contribution in [2.45, 2.75) is 84.5 Å². The third kappa shape index (κ3) is 8.74. The highest BCUT2D eigenvalue weighted by atomic mass is 16.6. The van der Waals surface area contributed by atoms with Crippen LogP contribution in [0, 0.1) is 0 Å². The molecule has 8 nitrogen and oxygen atoms in total. The van der Waals surface area contributed by atoms with Crippen LogP contribution in [0.5, 0.6) is 0 Å². The maximum Gasteiger partial charge on any atom is 0.412 e. The lowest BCUT2D eigenvalue weighted by molar-refractivity contribution is 0.0624. The van der Waals surface area contributed by atoms with Gasteiger partial charge in [-0.15, -0.1) is 0 Å². The summed E-state index contributed by atoms with van der Waals surface area (Å²) < 4.78 is 11.0. The summed E-state index contributed by atoms with van der Waals surface area (Å²) >= 11 is 0. The topological polar surface area (TPSA) is 106 Å². The number of carbonyl (C=O) groups is 2. The molecule has 1 atom stereocenters. The summed E-state index contributed by atoms with van der Waals surface area (Å²) in [5, 5.41) is 5.84. The highest BCUT2D eigenvalue weighted by Crippen LogP contribution is 2.49. The van der Waals surface area contributed by atoms with Crippen LogP contribution in [0.1, 0.15) is 84.4 Å². The first-order valence-electron chi connectivity index (χ1n) is 15.1. The maximum absolute atomic E-state index is 12.7. The highest BCUT2D eigenvalue weighted by molar-refractivity contribution is 5.93. The third-order valence-corrected chi connectivity index (χ3v) is 7.01. The van der Waals surface area contributed by atoms with E-state index < -0.39 is 23.4 Å². The molecule has 3 aromatic rings. The van der Waals surface area contributed by atoms with Crippen LogP contribution in [0.15, 0.2) is 66.7 Å². The van der Waals surface area contributed by atoms with Gasteiger partial charge in [0, 0.05) is 29.2 Å². The van der Waals surface area contributed by atoms with Crippen molar-refractivity contribution in [3.05, 3.63) is 77.9 Å². The van der Waals surface area contributed by atoms with E-state index in [9.17, 15) is 9.59 Å². The van der Waals surface area contributed by atoms with E-state index >= 15 is 0 Å². The molecule has 0 saturated carbocycles. The average Bonchev–Trinajstić information content (AvgIpc) is 2.91. The van der Waals surface area contributed by atoms with Crippen LogP contribution in [0.3, 0.4) is 0 Å². The maximum atomic E-state index is 12.7. The Labute approximate surface area is 255 Å². The summed E-state index contributed by atoms with van der Waals surface area (Å²) in [6.07, 6.45) is 3.15. The normalized spacial score (nSPS) is 14.4. The van der Waals surface area contributed by atoms with Crippen molar-refractivity contribution in [3.63, 3.8) is 0 Å². The van der Waals surface area contributed by atoms with Crippen molar-refractivity contribution in [2.24, 2.45) is 5.73 Å². The smallest absolute Gasteiger partial charge is 0.412 e. The second-order valence-corrected chi connectivity index (χ2v) is 13.0. The number of carbonyl (C=O) groups excluding carboxylic acids is 2. The predicted octanol–water partition coefficient (Wildman–Crippen LogP) is 8.48. The van der Waals surface area contributed by atoms with Crippen molar-refractivity contribution in [3.8, 4) is 11.1 Å². The summed E-state index contributed by atoms with van der Waals surface area (Å²) in [5.74, 6) is 0. The molecule has 2 amide bonds. The minimum atomic E-state index is -0.602. The van der Waals surface area contributed by atoms with Crippen LogP contribution in [0.25, 0.3) is 11.1 Å². The van der Waals surface area contributed by atoms with Gasteiger partial charge in [0.05, 0.1) is 6.04 Å². The fraction of sp³-hybridized carbons (Fsp3) is 0.429. The quantitative estimate of drug-likeness (QED) is 0.217. The van der Waals surface area contributed by atoms with E-state index in [0.29, 0.717) is 17.9 Å². The molecule has 1 aliphatic heterocycles. The Morgan fingerprint density at radius 1 is 0.744 bits per heavy atom. The van der Waals surface area contributed by atoms with Crippen molar-refractivity contribution >= 4 is 29.2 Å². The molecular weight excluding hydrogens is 540 g/mol. The molecule has 1 unspecified atom stereocenters. The number of fused-ring (bicyclic) bond motifs is 3. The van der Waals surface area contributed by atoms with E-state index in [1.54, 1.807) is 0 Å². The van der Waals surface area contributed by atoms with Crippen molar-refractivity contribution < 1.29 is 19.1 Å². The van der Waals surface area contributed by atoms with Crippen LogP contribution in [0.4, 0.5) is 26.7 Å². The fourth-order valence-electron chi connectivity index (χ4n) is 5.36. The Hall–Kier alpha value is -4.04. The van der Waals surface area contributed by atoms with Crippen LogP contribution < -0.4 is 21.3 Å². The number of amides is 2. The first kappa shape index (κ1) is 31.9. The number of rotatable bonds is 9. The summed E-state index contributed by atoms with van der Waals surface area (Å²) in [6.45, 7) is 12.6. The van der Waals surface area contributed by atoms with Crippen LogP contribution in [0.2, 0.25) is 0 Å². The number of benzene rings is 3. The molecule has 4 rings (SSSR count). The van der Waals surface area contributed by atoms with Crippen molar-refractivity contribution in [1.82, 2.24) is 0 Å². The lowest BCUT2D eigenvalue weighted by Gasteiger charge is -2.41. The Morgan fingerprint density at radius 3 is 1.88 bits per heavy atom. The van der Waals surface area contributed by atoms with Crippen LogP contribution >= 0.6 is 0 Å². The van der Waals surface area contributed by atoms with Gasteiger partial charge in [-0.1, -0.05) is 55.3 Å². The van der Waals surface area contributed by atoms with Crippen LogP contribution in [-0.4, -0.2) is 36.5 Å². The van der Waals surface area contributed by atoms with Gasteiger partial charge in [-0.25, -0.2) is 9.59 Å². The largest absolute Gasteiger partial charge is 0.444 e. The van der Waals surface area contributed by atoms with Gasteiger partial charge >= 0.3 is 12.2 Å². The molecule has 0 saturated heterocycles. The zero-order chi connectivity index (χ0) is 31.2. The van der Waals surface area contributed by atoms with Gasteiger partial charge in [0.1, 0.15) is 11.2 Å². The molecule has 4 N–H and O–H groups in total. The molecule has 8 heteroatoms. The molecule has 1 heterocycles. The number of anilines is 3. The second kappa shape index (κ2) is 13.5. The monoisotopic (exact) mass is 586 g/mol. The lowest BCUT2D eigenvalue weighted by atomic mass is 9.84. The summed E-state index contributed by atoms with van der Waals surface area (Å²) in [7, 11) is 0. The number of nitrogens with zero attached hydrogens (tertiary/aromatic N) is 1. The number of nitrogens with one attached hydrogen (secondary N) is 2. The van der Waals surface area contributed by atoms with Crippen molar-refractivity contribution in [2.75, 3.05) is 28.6 Å². The standard InChI is InChI=1S/C35H46N4O4/c1-34(2,3)42-32(40)37-25-16-18-27-28-19-17-26(38-33(41)43-35(4,5)6)23-30(28)39(21-13-8-7-12-20-36)31(29(27)22-25)24-14-10-9-11-15-24/h9-11,14-19,22-23,31H,7-8,12-13,20-21,36H2,1-6H3,(H,37,40)(H,38,41). The number of hydrogen-bond donors (Lipinski definition) is 3. The fourth-order valence-corrected chi connectivity index (χ4v) is 5.36. The lowest BCUT2D eigenvalue weighted by Crippen LogP contribution is -2.34. The zero-order valence-electron chi connectivity index (χ0n) is 26.3. The number of nitrogens with two attached hydrogens (primary N) is 1. The molecule has 0 aliphatic carbocycles. The van der Waals surface area contributed by atoms with Gasteiger partial charge in [-0.2, -0.15) is 0 Å². The molecule has 0 aromatic heterocycles. The zero-order valence-corrected chi connectivity index (χ0v) is 26.3.